The molecule has 4 nitrogen and oxygen atoms in total. The summed E-state index contributed by atoms with van der Waals surface area (Å²) in [5, 5.41) is 0. The molecular weight excluding hydrogens is 194 g/mol. The number of nitrogens with zero attached hydrogens (tertiary/aromatic N) is 1. The number of likely N-dealkylation sites (tertiary alicyclic amines) is 1. The number of rotatable bonds is 1. The molecule has 0 bridgehead atoms. The van der Waals surface area contributed by atoms with Gasteiger partial charge in [-0.15, -0.1) is 0 Å². The lowest BCUT2D eigenvalue weighted by Crippen LogP contribution is -2.40. The van der Waals surface area contributed by atoms with Crippen LogP contribution in [-0.4, -0.2) is 35.5 Å². The lowest BCUT2D eigenvalue weighted by atomic mass is 10.1. The molecular formula is C11H19NO3. The zero-order valence-electron chi connectivity index (χ0n) is 9.82. The molecule has 1 rings (SSSR count). The van der Waals surface area contributed by atoms with Crippen molar-refractivity contribution in [3.63, 3.8) is 0 Å². The van der Waals surface area contributed by atoms with Crippen molar-refractivity contribution >= 4 is 12.4 Å². The predicted molar refractivity (Wildman–Crippen MR) is 56.6 cm³/mol. The summed E-state index contributed by atoms with van der Waals surface area (Å²) in [4.78, 5) is 24.0. The first-order chi connectivity index (χ1) is 6.83. The van der Waals surface area contributed by atoms with Crippen LogP contribution >= 0.6 is 0 Å². The monoisotopic (exact) mass is 213 g/mol. The number of carbonyl (C=O) groups is 2. The van der Waals surface area contributed by atoms with Gasteiger partial charge in [0, 0.05) is 6.54 Å². The normalized spacial score (nSPS) is 26.5. The average molecular weight is 213 g/mol. The maximum absolute atomic E-state index is 11.7. The summed E-state index contributed by atoms with van der Waals surface area (Å²) in [5.41, 5.74) is -0.504. The highest BCUT2D eigenvalue weighted by Gasteiger charge is 2.35. The topological polar surface area (TPSA) is 46.6 Å². The van der Waals surface area contributed by atoms with Crippen LogP contribution in [0.2, 0.25) is 0 Å². The van der Waals surface area contributed by atoms with E-state index in [0.29, 0.717) is 12.5 Å². The number of hydrogen-bond donors (Lipinski definition) is 0. The van der Waals surface area contributed by atoms with Gasteiger partial charge in [-0.3, -0.25) is 4.90 Å². The summed E-state index contributed by atoms with van der Waals surface area (Å²) in [6.07, 6.45) is 1.18. The highest BCUT2D eigenvalue weighted by molar-refractivity contribution is 5.74. The fourth-order valence-electron chi connectivity index (χ4n) is 1.74. The standard InChI is InChI=1S/C11H19NO3/c1-8-5-9(7-13)12(6-8)10(14)15-11(2,3)4/h7-9H,5-6H2,1-4H3/t8-,9+/m0/s1. The van der Waals surface area contributed by atoms with Gasteiger partial charge in [0.2, 0.25) is 0 Å². The van der Waals surface area contributed by atoms with Gasteiger partial charge in [-0.2, -0.15) is 0 Å². The number of hydrogen-bond acceptors (Lipinski definition) is 3. The second kappa shape index (κ2) is 4.21. The van der Waals surface area contributed by atoms with Crippen molar-refractivity contribution in [1.29, 1.82) is 0 Å². The minimum atomic E-state index is -0.504. The maximum atomic E-state index is 11.7. The molecule has 0 N–H and O–H groups in total. The van der Waals surface area contributed by atoms with Crippen LogP contribution in [0, 0.1) is 5.92 Å². The molecule has 0 aromatic carbocycles. The molecule has 1 heterocycles. The van der Waals surface area contributed by atoms with Crippen LogP contribution in [0.15, 0.2) is 0 Å². The molecule has 0 aliphatic carbocycles. The van der Waals surface area contributed by atoms with Crippen molar-refractivity contribution in [1.82, 2.24) is 4.90 Å². The van der Waals surface area contributed by atoms with Crippen molar-refractivity contribution in [2.75, 3.05) is 6.54 Å². The Hall–Kier alpha value is -1.06. The third-order valence-corrected chi connectivity index (χ3v) is 2.34. The fourth-order valence-corrected chi connectivity index (χ4v) is 1.74. The molecule has 0 saturated carbocycles. The number of carbonyl (C=O) groups excluding carboxylic acids is 2. The van der Waals surface area contributed by atoms with Crippen LogP contribution in [-0.2, 0) is 9.53 Å². The Morgan fingerprint density at radius 2 is 2.07 bits per heavy atom. The first-order valence-corrected chi connectivity index (χ1v) is 5.28. The SMILES string of the molecule is C[C@H]1C[C@H](C=O)N(C(=O)OC(C)(C)C)C1. The van der Waals surface area contributed by atoms with Crippen LogP contribution in [0.5, 0.6) is 0 Å². The second-order valence-electron chi connectivity index (χ2n) is 5.18. The third-order valence-electron chi connectivity index (χ3n) is 2.34. The van der Waals surface area contributed by atoms with Crippen molar-refractivity contribution in [3.05, 3.63) is 0 Å². The Balaban J connectivity index is 2.63. The van der Waals surface area contributed by atoms with E-state index in [9.17, 15) is 9.59 Å². The predicted octanol–water partition coefficient (Wildman–Crippen LogP) is 1.83. The van der Waals surface area contributed by atoms with Crippen molar-refractivity contribution < 1.29 is 14.3 Å². The first kappa shape index (κ1) is 12.0. The van der Waals surface area contributed by atoms with Gasteiger partial charge < -0.3 is 9.53 Å². The Morgan fingerprint density at radius 1 is 1.47 bits per heavy atom. The highest BCUT2D eigenvalue weighted by atomic mass is 16.6. The third kappa shape index (κ3) is 3.22. The van der Waals surface area contributed by atoms with E-state index >= 15 is 0 Å². The van der Waals surface area contributed by atoms with Gasteiger partial charge in [-0.05, 0) is 33.1 Å². The molecule has 1 fully saturated rings. The minimum absolute atomic E-state index is 0.310. The maximum Gasteiger partial charge on any atom is 0.410 e. The molecule has 1 amide bonds. The molecule has 1 aliphatic heterocycles. The van der Waals surface area contributed by atoms with Gasteiger partial charge in [0.05, 0.1) is 6.04 Å². The lowest BCUT2D eigenvalue weighted by Gasteiger charge is -2.26. The first-order valence-electron chi connectivity index (χ1n) is 5.28. The highest BCUT2D eigenvalue weighted by Crippen LogP contribution is 2.23. The van der Waals surface area contributed by atoms with Crippen molar-refractivity contribution in [2.24, 2.45) is 5.92 Å². The van der Waals surface area contributed by atoms with Crippen molar-refractivity contribution in [3.8, 4) is 0 Å². The molecule has 0 unspecified atom stereocenters. The molecule has 0 aromatic heterocycles. The number of amides is 1. The van der Waals surface area contributed by atoms with Gasteiger partial charge in [-0.1, -0.05) is 6.92 Å². The van der Waals surface area contributed by atoms with Gasteiger partial charge in [0.1, 0.15) is 11.9 Å². The average Bonchev–Trinajstić information content (AvgIpc) is 2.43. The van der Waals surface area contributed by atoms with E-state index < -0.39 is 5.60 Å². The van der Waals surface area contributed by atoms with Crippen LogP contribution < -0.4 is 0 Å². The second-order valence-corrected chi connectivity index (χ2v) is 5.18. The van der Waals surface area contributed by atoms with E-state index in [0.717, 1.165) is 12.7 Å². The van der Waals surface area contributed by atoms with Crippen LogP contribution in [0.4, 0.5) is 4.79 Å². The Kier molecular flexibility index (Phi) is 3.37. The Bertz CT molecular complexity index is 257. The van der Waals surface area contributed by atoms with E-state index in [-0.39, 0.29) is 12.1 Å². The summed E-state index contributed by atoms with van der Waals surface area (Å²) in [7, 11) is 0. The number of ether oxygens (including phenoxy) is 1. The van der Waals surface area contributed by atoms with E-state index in [2.05, 4.69) is 0 Å². The number of aldehydes is 1. The lowest BCUT2D eigenvalue weighted by molar-refractivity contribution is -0.111. The van der Waals surface area contributed by atoms with E-state index in [1.807, 2.05) is 27.7 Å². The van der Waals surface area contributed by atoms with Crippen molar-refractivity contribution in [2.45, 2.75) is 45.8 Å². The smallest absolute Gasteiger partial charge is 0.410 e. The molecule has 0 radical (unpaired) electrons. The largest absolute Gasteiger partial charge is 0.444 e. The zero-order valence-corrected chi connectivity index (χ0v) is 9.82. The Morgan fingerprint density at radius 3 is 2.53 bits per heavy atom. The molecule has 1 saturated heterocycles. The Labute approximate surface area is 90.6 Å². The summed E-state index contributed by atoms with van der Waals surface area (Å²) in [5.74, 6) is 0.368. The minimum Gasteiger partial charge on any atom is -0.444 e. The zero-order chi connectivity index (χ0) is 11.6. The van der Waals surface area contributed by atoms with E-state index in [1.54, 1.807) is 0 Å². The summed E-state index contributed by atoms with van der Waals surface area (Å²) in [6.45, 7) is 8.10. The summed E-state index contributed by atoms with van der Waals surface area (Å²) in [6, 6.07) is -0.310. The molecule has 0 aromatic rings. The molecule has 86 valence electrons. The van der Waals surface area contributed by atoms with E-state index in [4.69, 9.17) is 4.74 Å². The van der Waals surface area contributed by atoms with Gasteiger partial charge in [0.25, 0.3) is 0 Å². The fraction of sp³-hybridized carbons (Fsp3) is 0.818. The molecule has 4 heteroatoms. The summed E-state index contributed by atoms with van der Waals surface area (Å²) < 4.78 is 5.23. The quantitative estimate of drug-likeness (QED) is 0.624. The summed E-state index contributed by atoms with van der Waals surface area (Å²) >= 11 is 0. The molecule has 0 spiro atoms. The molecule has 1 aliphatic rings. The van der Waals surface area contributed by atoms with Crippen LogP contribution in [0.3, 0.4) is 0 Å². The van der Waals surface area contributed by atoms with Gasteiger partial charge in [0.15, 0.2) is 0 Å². The van der Waals surface area contributed by atoms with Crippen LogP contribution in [0.25, 0.3) is 0 Å². The van der Waals surface area contributed by atoms with Gasteiger partial charge in [-0.25, -0.2) is 4.79 Å². The van der Waals surface area contributed by atoms with E-state index in [1.165, 1.54) is 4.90 Å². The molecule has 15 heavy (non-hydrogen) atoms. The van der Waals surface area contributed by atoms with Crippen LogP contribution in [0.1, 0.15) is 34.1 Å². The molecule has 2 atom stereocenters. The van der Waals surface area contributed by atoms with Gasteiger partial charge >= 0.3 is 6.09 Å².